The average molecular weight is 453 g/mol. The molecule has 3 aromatic rings. The van der Waals surface area contributed by atoms with E-state index in [0.717, 1.165) is 16.9 Å². The number of carbonyl (C=O) groups is 2. The van der Waals surface area contributed by atoms with Crippen LogP contribution >= 0.6 is 11.6 Å². The van der Waals surface area contributed by atoms with Crippen LogP contribution < -0.4 is 5.32 Å². The first-order valence-electron chi connectivity index (χ1n) is 10.6. The molecule has 0 unspecified atom stereocenters. The van der Waals surface area contributed by atoms with Gasteiger partial charge in [-0.25, -0.2) is 4.68 Å². The average Bonchev–Trinajstić information content (AvgIpc) is 3.16. The van der Waals surface area contributed by atoms with Crippen LogP contribution in [0.4, 0.5) is 5.82 Å². The fourth-order valence-electron chi connectivity index (χ4n) is 3.21. The molecule has 0 radical (unpaired) electrons. The van der Waals surface area contributed by atoms with Gasteiger partial charge < -0.3 is 10.2 Å². The van der Waals surface area contributed by atoms with Gasteiger partial charge in [0.1, 0.15) is 12.4 Å². The summed E-state index contributed by atoms with van der Waals surface area (Å²) in [4.78, 5) is 27.2. The molecule has 6 nitrogen and oxygen atoms in total. The second-order valence-electron chi connectivity index (χ2n) is 8.79. The first-order chi connectivity index (χ1) is 15.1. The third-order valence-electron chi connectivity index (χ3n) is 5.10. The van der Waals surface area contributed by atoms with Crippen molar-refractivity contribution in [2.24, 2.45) is 0 Å². The Morgan fingerprint density at radius 3 is 2.38 bits per heavy atom. The van der Waals surface area contributed by atoms with Crippen molar-refractivity contribution >= 4 is 29.2 Å². The number of carbonyl (C=O) groups excluding carboxylic acids is 2. The number of benzene rings is 2. The Hall–Kier alpha value is -3.12. The lowest BCUT2D eigenvalue weighted by Crippen LogP contribution is -2.38. The molecule has 3 rings (SSSR count). The number of hydrogen-bond donors (Lipinski definition) is 1. The number of nitrogens with one attached hydrogen (secondary N) is 1. The number of amides is 2. The van der Waals surface area contributed by atoms with Gasteiger partial charge >= 0.3 is 0 Å². The maximum Gasteiger partial charge on any atom is 0.254 e. The number of anilines is 1. The molecule has 0 atom stereocenters. The molecule has 32 heavy (non-hydrogen) atoms. The summed E-state index contributed by atoms with van der Waals surface area (Å²) in [7, 11) is 0. The predicted molar refractivity (Wildman–Crippen MR) is 129 cm³/mol. The minimum absolute atomic E-state index is 0.0776. The molecular formula is C25H29ClN4O2. The fraction of sp³-hybridized carbons (Fsp3) is 0.320. The van der Waals surface area contributed by atoms with Gasteiger partial charge in [-0.3, -0.25) is 9.59 Å². The first kappa shape index (κ1) is 23.5. The van der Waals surface area contributed by atoms with Crippen LogP contribution in [0, 0.1) is 6.92 Å². The second-order valence-corrected chi connectivity index (χ2v) is 9.23. The number of halogens is 1. The molecule has 0 bridgehead atoms. The van der Waals surface area contributed by atoms with E-state index >= 15 is 0 Å². The molecule has 0 aliphatic carbocycles. The van der Waals surface area contributed by atoms with E-state index in [1.807, 2.05) is 44.2 Å². The topological polar surface area (TPSA) is 67.2 Å². The Labute approximate surface area is 194 Å². The van der Waals surface area contributed by atoms with Gasteiger partial charge in [0, 0.05) is 28.6 Å². The Bertz CT molecular complexity index is 1110. The van der Waals surface area contributed by atoms with Crippen LogP contribution in [0.1, 0.15) is 49.3 Å². The van der Waals surface area contributed by atoms with Gasteiger partial charge in [-0.1, -0.05) is 56.1 Å². The molecule has 1 heterocycles. The molecule has 1 N–H and O–H groups in total. The number of hydrogen-bond acceptors (Lipinski definition) is 3. The van der Waals surface area contributed by atoms with Gasteiger partial charge in [0.2, 0.25) is 5.91 Å². The van der Waals surface area contributed by atoms with Crippen molar-refractivity contribution in [1.29, 1.82) is 0 Å². The van der Waals surface area contributed by atoms with Crippen LogP contribution in [0.2, 0.25) is 5.02 Å². The van der Waals surface area contributed by atoms with Crippen molar-refractivity contribution in [1.82, 2.24) is 14.7 Å². The molecular weight excluding hydrogens is 424 g/mol. The fourth-order valence-corrected chi connectivity index (χ4v) is 3.40. The van der Waals surface area contributed by atoms with Crippen LogP contribution in [0.3, 0.4) is 0 Å². The van der Waals surface area contributed by atoms with E-state index in [4.69, 9.17) is 16.7 Å². The van der Waals surface area contributed by atoms with Gasteiger partial charge in [0.25, 0.3) is 5.91 Å². The summed E-state index contributed by atoms with van der Waals surface area (Å²) in [5, 5.41) is 8.15. The van der Waals surface area contributed by atoms with Gasteiger partial charge in [0.05, 0.1) is 11.4 Å². The minimum atomic E-state index is -0.295. The van der Waals surface area contributed by atoms with Crippen LogP contribution in [0.5, 0.6) is 0 Å². The summed E-state index contributed by atoms with van der Waals surface area (Å²) in [5.74, 6) is 0.0264. The minimum Gasteiger partial charge on any atom is -0.330 e. The van der Waals surface area contributed by atoms with Crippen molar-refractivity contribution in [2.45, 2.75) is 40.0 Å². The van der Waals surface area contributed by atoms with E-state index in [9.17, 15) is 9.59 Å². The summed E-state index contributed by atoms with van der Waals surface area (Å²) in [6.07, 6.45) is 0. The van der Waals surface area contributed by atoms with Crippen molar-refractivity contribution in [3.05, 3.63) is 76.4 Å². The second kappa shape index (κ2) is 9.57. The van der Waals surface area contributed by atoms with Gasteiger partial charge in [-0.15, -0.1) is 0 Å². The zero-order chi connectivity index (χ0) is 23.5. The monoisotopic (exact) mass is 452 g/mol. The van der Waals surface area contributed by atoms with Crippen molar-refractivity contribution in [3.63, 3.8) is 0 Å². The molecule has 168 valence electrons. The maximum atomic E-state index is 12.9. The van der Waals surface area contributed by atoms with Crippen LogP contribution in [-0.2, 0) is 10.2 Å². The molecule has 2 amide bonds. The van der Waals surface area contributed by atoms with E-state index in [0.29, 0.717) is 22.9 Å². The summed E-state index contributed by atoms with van der Waals surface area (Å²) in [6, 6.07) is 16.5. The van der Waals surface area contributed by atoms with Gasteiger partial charge in [-0.2, -0.15) is 5.10 Å². The summed E-state index contributed by atoms with van der Waals surface area (Å²) in [6.45, 7) is 10.4. The molecule has 7 heteroatoms. The molecule has 0 fully saturated rings. The van der Waals surface area contributed by atoms with E-state index in [1.54, 1.807) is 28.9 Å². The number of nitrogens with zero attached hydrogens (tertiary/aromatic N) is 3. The molecule has 0 spiro atoms. The SMILES string of the molecule is CCN(CC(=O)Nc1cc(C(C)(C)C)nn1-c1ccc(C)cc1)C(=O)c1cccc(Cl)c1. The third kappa shape index (κ3) is 5.56. The number of aromatic nitrogens is 2. The molecule has 1 aromatic heterocycles. The molecule has 2 aromatic carbocycles. The maximum absolute atomic E-state index is 12.9. The van der Waals surface area contributed by atoms with Gasteiger partial charge in [0.15, 0.2) is 0 Å². The normalized spacial score (nSPS) is 11.3. The zero-order valence-electron chi connectivity index (χ0n) is 19.1. The van der Waals surface area contributed by atoms with E-state index in [-0.39, 0.29) is 23.8 Å². The highest BCUT2D eigenvalue weighted by atomic mass is 35.5. The van der Waals surface area contributed by atoms with E-state index in [1.165, 1.54) is 4.90 Å². The van der Waals surface area contributed by atoms with Crippen molar-refractivity contribution in [2.75, 3.05) is 18.4 Å². The Morgan fingerprint density at radius 2 is 1.78 bits per heavy atom. The molecule has 0 saturated heterocycles. The molecule has 0 aliphatic heterocycles. The third-order valence-corrected chi connectivity index (χ3v) is 5.33. The Morgan fingerprint density at radius 1 is 1.09 bits per heavy atom. The summed E-state index contributed by atoms with van der Waals surface area (Å²) < 4.78 is 1.73. The predicted octanol–water partition coefficient (Wildman–Crippen LogP) is 5.23. The highest BCUT2D eigenvalue weighted by Crippen LogP contribution is 2.26. The number of rotatable bonds is 6. The Kier molecular flexibility index (Phi) is 7.04. The van der Waals surface area contributed by atoms with Crippen molar-refractivity contribution in [3.8, 4) is 5.69 Å². The smallest absolute Gasteiger partial charge is 0.254 e. The van der Waals surface area contributed by atoms with Crippen LogP contribution in [-0.4, -0.2) is 39.6 Å². The van der Waals surface area contributed by atoms with Crippen molar-refractivity contribution < 1.29 is 9.59 Å². The lowest BCUT2D eigenvalue weighted by molar-refractivity contribution is -0.116. The summed E-state index contributed by atoms with van der Waals surface area (Å²) >= 11 is 6.01. The molecule has 0 aliphatic rings. The Balaban J connectivity index is 1.83. The van der Waals surface area contributed by atoms with Gasteiger partial charge in [-0.05, 0) is 44.2 Å². The lowest BCUT2D eigenvalue weighted by Gasteiger charge is -2.20. The quantitative estimate of drug-likeness (QED) is 0.556. The number of likely N-dealkylation sites (N-methyl/N-ethyl adjacent to an activating group) is 1. The van der Waals surface area contributed by atoms with E-state index < -0.39 is 0 Å². The first-order valence-corrected chi connectivity index (χ1v) is 11.0. The number of aryl methyl sites for hydroxylation is 1. The van der Waals surface area contributed by atoms with Crippen LogP contribution in [0.25, 0.3) is 5.69 Å². The highest BCUT2D eigenvalue weighted by molar-refractivity contribution is 6.31. The zero-order valence-corrected chi connectivity index (χ0v) is 19.9. The highest BCUT2D eigenvalue weighted by Gasteiger charge is 2.23. The largest absolute Gasteiger partial charge is 0.330 e. The molecule has 0 saturated carbocycles. The van der Waals surface area contributed by atoms with E-state index in [2.05, 4.69) is 26.1 Å². The van der Waals surface area contributed by atoms with Crippen LogP contribution in [0.15, 0.2) is 54.6 Å². The standard InChI is InChI=1S/C25H29ClN4O2/c1-6-29(24(32)18-8-7-9-19(26)14-18)16-23(31)27-22-15-21(25(3,4)5)28-30(22)20-12-10-17(2)11-13-20/h7-15H,6,16H2,1-5H3,(H,27,31). The lowest BCUT2D eigenvalue weighted by atomic mass is 9.92. The summed E-state index contributed by atoms with van der Waals surface area (Å²) in [5.41, 5.74) is 3.11.